The Hall–Kier alpha value is 2.69. The second-order valence-corrected chi connectivity index (χ2v) is 13.3. The fraction of sp³-hybridized carbons (Fsp3) is 1.00. The number of rotatable bonds is 12. The molecule has 1 aliphatic carbocycles. The van der Waals surface area contributed by atoms with Crippen molar-refractivity contribution < 1.29 is 113 Å². The summed E-state index contributed by atoms with van der Waals surface area (Å²) in [6, 6.07) is 0. The summed E-state index contributed by atoms with van der Waals surface area (Å²) in [5.41, 5.74) is 0. The summed E-state index contributed by atoms with van der Waals surface area (Å²) < 4.78 is 91.5. The minimum absolute atomic E-state index is 0. The van der Waals surface area contributed by atoms with Crippen LogP contribution in [-0.2, 0) is 54.5 Å². The first-order valence-electron chi connectivity index (χ1n) is 7.94. The zero-order valence-corrected chi connectivity index (χ0v) is 26.7. The van der Waals surface area contributed by atoms with Gasteiger partial charge in [0.05, 0.1) is 0 Å². The van der Waals surface area contributed by atoms with Crippen molar-refractivity contribution in [1.29, 1.82) is 0 Å². The van der Waals surface area contributed by atoms with Crippen LogP contribution in [0.3, 0.4) is 0 Å². The molecule has 0 spiro atoms. The van der Waals surface area contributed by atoms with Gasteiger partial charge >= 0.3 is 15.6 Å². The first-order chi connectivity index (χ1) is 15.6. The normalized spacial score (nSPS) is 32.8. The maximum Gasteiger partial charge on any atom is 0.470 e. The van der Waals surface area contributed by atoms with Gasteiger partial charge in [-0.05, 0) is 0 Å². The van der Waals surface area contributed by atoms with Gasteiger partial charge < -0.3 is 76.8 Å². The van der Waals surface area contributed by atoms with Gasteiger partial charge in [-0.3, -0.25) is 27.3 Å². The molecule has 0 heterocycles. The van der Waals surface area contributed by atoms with Gasteiger partial charge in [-0.2, -0.15) is 0 Å². The van der Waals surface area contributed by atoms with Crippen molar-refractivity contribution in [3.8, 4) is 0 Å². The average molecular weight is 720 g/mol. The van der Waals surface area contributed by atoms with E-state index in [1.165, 1.54) is 0 Å². The largest absolute Gasteiger partial charge is 0.756 e. The first-order valence-corrected chi connectivity index (χ1v) is 17.0. The Labute approximate surface area is 255 Å². The molecule has 0 amide bonds. The van der Waals surface area contributed by atoms with E-state index in [2.05, 4.69) is 27.1 Å². The molecule has 1 saturated carbocycles. The van der Waals surface area contributed by atoms with Crippen LogP contribution in [0.1, 0.15) is 0 Å². The number of hydrogen-bond acceptors (Lipinski definition) is 16. The molecule has 0 bridgehead atoms. The van der Waals surface area contributed by atoms with Gasteiger partial charge in [0.15, 0.2) is 0 Å². The quantitative estimate of drug-likeness (QED) is 0.0686. The standard InChI is InChI=1S/C6H18O24P6.Ca.Mg/c7-31(8,9)25-1-2(26-32(10,11)12)4(28-34(16,17)18)6(30-36(22,23)24)5(29-35(19,20)21)3(1)27-33(13,14)15;;/h1-6H,(H2,7,8,9)(H2,10,11,12)(H2,13,14,15)(H2,16,17,18)(H2,19,20,21)(H2,22,23,24);;/p-4/t1-,2-,3-,4+,5-,6-;;. The summed E-state index contributed by atoms with van der Waals surface area (Å²) >= 11 is 0. The van der Waals surface area contributed by atoms with Gasteiger partial charge in [0.1, 0.15) is 36.6 Å². The van der Waals surface area contributed by atoms with Crippen LogP contribution >= 0.6 is 46.9 Å². The molecule has 4 radical (unpaired) electrons. The van der Waals surface area contributed by atoms with E-state index in [9.17, 15) is 47.0 Å². The van der Waals surface area contributed by atoms with Crippen LogP contribution in [0.5, 0.6) is 0 Å². The average Bonchev–Trinajstić information content (AvgIpc) is 2.51. The zero-order chi connectivity index (χ0) is 28.7. The molecule has 4 unspecified atom stereocenters. The Bertz CT molecular complexity index is 831. The van der Waals surface area contributed by atoms with E-state index in [1.54, 1.807) is 0 Å². The summed E-state index contributed by atoms with van der Waals surface area (Å²) in [6.45, 7) is 0. The zero-order valence-electron chi connectivity index (χ0n) is 17.7. The van der Waals surface area contributed by atoms with Crippen molar-refractivity contribution in [1.82, 2.24) is 0 Å². The van der Waals surface area contributed by atoms with Crippen LogP contribution < -0.4 is 19.6 Å². The molecular weight excluding hydrogens is 706 g/mol. The van der Waals surface area contributed by atoms with Crippen molar-refractivity contribution in [3.05, 3.63) is 0 Å². The summed E-state index contributed by atoms with van der Waals surface area (Å²) in [5, 5.41) is 0. The molecular formula is C6H14CaMgO24P6-4. The van der Waals surface area contributed by atoms with Crippen LogP contribution in [0.15, 0.2) is 0 Å². The van der Waals surface area contributed by atoms with Crippen molar-refractivity contribution in [2.75, 3.05) is 0 Å². The Morgan fingerprint density at radius 1 is 0.395 bits per heavy atom. The van der Waals surface area contributed by atoms with Gasteiger partial charge in [-0.1, -0.05) is 0 Å². The summed E-state index contributed by atoms with van der Waals surface area (Å²) in [6.07, 6.45) is -19.7. The maximum absolute atomic E-state index is 11.4. The summed E-state index contributed by atoms with van der Waals surface area (Å²) in [4.78, 5) is 117. The number of phosphoric acid groups is 6. The Morgan fingerprint density at radius 2 is 0.526 bits per heavy atom. The molecule has 0 aliphatic heterocycles. The molecule has 10 atom stereocenters. The fourth-order valence-electron chi connectivity index (χ4n) is 2.77. The van der Waals surface area contributed by atoms with Crippen molar-refractivity contribution in [3.63, 3.8) is 0 Å². The molecule has 220 valence electrons. The Kier molecular flexibility index (Phi) is 17.0. The van der Waals surface area contributed by atoms with Crippen molar-refractivity contribution in [2.24, 2.45) is 0 Å². The molecule has 0 aromatic heterocycles. The third-order valence-corrected chi connectivity index (χ3v) is 6.56. The topological polar surface area (TPSA) is 412 Å². The second kappa shape index (κ2) is 15.1. The van der Waals surface area contributed by atoms with Crippen molar-refractivity contribution >= 4 is 108 Å². The van der Waals surface area contributed by atoms with E-state index in [4.69, 9.17) is 39.1 Å². The summed E-state index contributed by atoms with van der Waals surface area (Å²) in [7, 11) is -37.4. The molecule has 0 saturated heterocycles. The minimum atomic E-state index is -6.32. The SMILES string of the molecule is O=P([O-])(O)O[C@H]1[C@H](OP(=O)([O-])O)[C@H](OP(=O)([O-])O)[C@H](OP(=O)(O)O)[C@@H](OP(=O)(O)O)[C@@H]1OP(=O)([O-])O.[Ca].[Mg]. The molecule has 1 aliphatic rings. The van der Waals surface area contributed by atoms with Gasteiger partial charge in [0.25, 0.3) is 31.3 Å². The van der Waals surface area contributed by atoms with Gasteiger partial charge in [-0.15, -0.1) is 0 Å². The molecule has 1 fully saturated rings. The summed E-state index contributed by atoms with van der Waals surface area (Å²) in [5.74, 6) is 0. The Balaban J connectivity index is 0. The van der Waals surface area contributed by atoms with E-state index in [-0.39, 0.29) is 60.8 Å². The predicted molar refractivity (Wildman–Crippen MR) is 104 cm³/mol. The van der Waals surface area contributed by atoms with Gasteiger partial charge in [0, 0.05) is 60.8 Å². The molecule has 38 heavy (non-hydrogen) atoms. The third kappa shape index (κ3) is 17.1. The molecule has 1 rings (SSSR count). The van der Waals surface area contributed by atoms with Gasteiger partial charge in [-0.25, -0.2) is 9.13 Å². The molecule has 8 N–H and O–H groups in total. The molecule has 24 nitrogen and oxygen atoms in total. The first kappa shape index (κ1) is 42.8. The molecule has 0 aromatic rings. The van der Waals surface area contributed by atoms with E-state index >= 15 is 0 Å². The number of hydrogen-bond donors (Lipinski definition) is 8. The van der Waals surface area contributed by atoms with Crippen molar-refractivity contribution in [2.45, 2.75) is 36.6 Å². The van der Waals surface area contributed by atoms with Crippen LogP contribution in [0.2, 0.25) is 0 Å². The van der Waals surface area contributed by atoms with Crippen LogP contribution in [-0.4, -0.2) is 137 Å². The monoisotopic (exact) mass is 720 g/mol. The third-order valence-electron chi connectivity index (χ3n) is 3.48. The van der Waals surface area contributed by atoms with Crippen LogP contribution in [0, 0.1) is 0 Å². The number of phosphoric ester groups is 6. The van der Waals surface area contributed by atoms with Gasteiger partial charge in [0.2, 0.25) is 0 Å². The van der Waals surface area contributed by atoms with Crippen LogP contribution in [0.25, 0.3) is 0 Å². The van der Waals surface area contributed by atoms with E-state index in [0.29, 0.717) is 0 Å². The second-order valence-electron chi connectivity index (χ2n) is 6.28. The smallest absolute Gasteiger partial charge is 0.470 e. The maximum atomic E-state index is 11.4. The van der Waals surface area contributed by atoms with E-state index in [0.717, 1.165) is 0 Å². The Morgan fingerprint density at radius 3 is 0.632 bits per heavy atom. The minimum Gasteiger partial charge on any atom is -0.756 e. The molecule has 32 heteroatoms. The predicted octanol–water partition coefficient (Wildman–Crippen LogP) is -6.42. The van der Waals surface area contributed by atoms with E-state index < -0.39 is 83.6 Å². The van der Waals surface area contributed by atoms with Crippen LogP contribution in [0.4, 0.5) is 0 Å². The molecule has 0 aromatic carbocycles. The van der Waals surface area contributed by atoms with E-state index in [1.807, 2.05) is 0 Å². The fourth-order valence-corrected chi connectivity index (χ4v) is 6.08.